The van der Waals surface area contributed by atoms with Crippen molar-refractivity contribution in [2.24, 2.45) is 5.73 Å². The molecule has 14 heteroatoms. The molecule has 0 aliphatic rings. The average Bonchev–Trinajstić information content (AvgIpc) is 2.76. The van der Waals surface area contributed by atoms with Gasteiger partial charge in [0.05, 0.1) is 12.0 Å². The molecule has 1 atom stereocenters. The number of nitrogens with one attached hydrogen (secondary N) is 3. The van der Waals surface area contributed by atoms with Crippen LogP contribution in [0.25, 0.3) is 0 Å². The number of nitrogens with zero attached hydrogens (tertiary/aromatic N) is 1. The number of guanidine groups is 1. The first-order valence-corrected chi connectivity index (χ1v) is 11.0. The van der Waals surface area contributed by atoms with Gasteiger partial charge in [0.25, 0.3) is 10.2 Å². The summed E-state index contributed by atoms with van der Waals surface area (Å²) in [4.78, 5) is 34.3. The molecular formula is C20H23N5O8S. The Morgan fingerprint density at radius 2 is 1.68 bits per heavy atom. The van der Waals surface area contributed by atoms with Gasteiger partial charge in [-0.25, -0.2) is 4.79 Å². The van der Waals surface area contributed by atoms with E-state index < -0.39 is 40.6 Å². The van der Waals surface area contributed by atoms with E-state index in [9.17, 15) is 22.8 Å². The van der Waals surface area contributed by atoms with Gasteiger partial charge in [0.2, 0.25) is 0 Å². The normalized spacial score (nSPS) is 12.1. The van der Waals surface area contributed by atoms with Crippen molar-refractivity contribution in [3.05, 3.63) is 59.7 Å². The number of carboxylic acid groups (broad SMARTS) is 2. The van der Waals surface area contributed by atoms with E-state index in [-0.39, 0.29) is 23.8 Å². The predicted molar refractivity (Wildman–Crippen MR) is 121 cm³/mol. The fourth-order valence-electron chi connectivity index (χ4n) is 2.67. The fourth-order valence-corrected chi connectivity index (χ4v) is 3.72. The molecule has 0 spiro atoms. The molecule has 2 aromatic carbocycles. The third-order valence-electron chi connectivity index (χ3n) is 4.46. The van der Waals surface area contributed by atoms with Gasteiger partial charge in [-0.05, 0) is 42.0 Å². The van der Waals surface area contributed by atoms with Crippen LogP contribution in [0.5, 0.6) is 5.75 Å². The highest BCUT2D eigenvalue weighted by molar-refractivity contribution is 7.87. The first-order valence-electron chi connectivity index (χ1n) is 9.58. The third kappa shape index (κ3) is 7.54. The molecule has 13 nitrogen and oxygen atoms in total. The molecule has 0 fully saturated rings. The molecule has 0 amide bonds. The molecule has 0 aliphatic heterocycles. The number of carbonyl (C=O) groups excluding carboxylic acids is 1. The summed E-state index contributed by atoms with van der Waals surface area (Å²) < 4.78 is 32.6. The van der Waals surface area contributed by atoms with Crippen molar-refractivity contribution in [3.8, 4) is 5.75 Å². The van der Waals surface area contributed by atoms with E-state index in [0.29, 0.717) is 15.6 Å². The van der Waals surface area contributed by atoms with Crippen LogP contribution in [0, 0.1) is 5.41 Å². The summed E-state index contributed by atoms with van der Waals surface area (Å²) >= 11 is 0. The van der Waals surface area contributed by atoms with Gasteiger partial charge in [0.1, 0.15) is 11.8 Å². The van der Waals surface area contributed by atoms with Crippen molar-refractivity contribution in [1.29, 1.82) is 5.41 Å². The Morgan fingerprint density at radius 1 is 1.09 bits per heavy atom. The molecule has 0 saturated carbocycles. The highest BCUT2D eigenvalue weighted by atomic mass is 32.2. The number of rotatable bonds is 11. The van der Waals surface area contributed by atoms with Gasteiger partial charge in [0, 0.05) is 19.3 Å². The monoisotopic (exact) mass is 493 g/mol. The molecule has 0 bridgehead atoms. The molecule has 2 aromatic rings. The summed E-state index contributed by atoms with van der Waals surface area (Å²) in [7, 11) is -3.33. The lowest BCUT2D eigenvalue weighted by molar-refractivity contribution is -0.147. The van der Waals surface area contributed by atoms with Gasteiger partial charge >= 0.3 is 17.9 Å². The zero-order chi connectivity index (χ0) is 25.5. The Kier molecular flexibility index (Phi) is 8.66. The second-order valence-electron chi connectivity index (χ2n) is 6.94. The topological polar surface area (TPSA) is 212 Å². The number of aliphatic carboxylic acids is 2. The van der Waals surface area contributed by atoms with Crippen LogP contribution in [0.3, 0.4) is 0 Å². The highest BCUT2D eigenvalue weighted by Crippen LogP contribution is 2.16. The summed E-state index contributed by atoms with van der Waals surface area (Å²) in [6.07, 6.45) is -0.900. The Balaban J connectivity index is 1.97. The number of carbonyl (C=O) groups is 3. The molecule has 1 unspecified atom stereocenters. The van der Waals surface area contributed by atoms with Gasteiger partial charge in [0.15, 0.2) is 5.96 Å². The van der Waals surface area contributed by atoms with Crippen LogP contribution in [-0.2, 0) is 26.3 Å². The van der Waals surface area contributed by atoms with Crippen molar-refractivity contribution in [2.75, 3.05) is 12.4 Å². The summed E-state index contributed by atoms with van der Waals surface area (Å²) in [5.74, 6) is -3.73. The van der Waals surface area contributed by atoms with Crippen LogP contribution in [0.1, 0.15) is 22.3 Å². The molecule has 0 aliphatic carbocycles. The average molecular weight is 493 g/mol. The first kappa shape index (κ1) is 26.2. The molecular weight excluding hydrogens is 470 g/mol. The Hall–Kier alpha value is -4.01. The number of nitrogens with two attached hydrogens (primary N) is 1. The summed E-state index contributed by atoms with van der Waals surface area (Å²) in [5, 5.41) is 27.7. The second-order valence-corrected chi connectivity index (χ2v) is 8.76. The summed E-state index contributed by atoms with van der Waals surface area (Å²) in [5.41, 5.74) is 6.49. The molecule has 0 heterocycles. The maximum Gasteiger partial charge on any atom is 0.343 e. The standard InChI is InChI=1S/C20H23N5O8S/c1-25(16(18(28)29)10-17(26)27)34(31,32)23-11-12-2-8-15(9-3-12)33-19(30)13-4-6-14(7-5-13)24-20(21)22/h2-9,16,23H,10-11H2,1H3,(H,26,27)(H,28,29)(H4,21,22,24). The number of carboxylic acids is 2. The van der Waals surface area contributed by atoms with Crippen LogP contribution in [-0.4, -0.2) is 59.9 Å². The SMILES string of the molecule is CN(C(CC(=O)O)C(=O)O)S(=O)(=O)NCc1ccc(OC(=O)c2ccc(NC(=N)N)cc2)cc1. The maximum absolute atomic E-state index is 12.3. The minimum atomic E-state index is -4.30. The van der Waals surface area contributed by atoms with Crippen LogP contribution in [0.2, 0.25) is 0 Å². The van der Waals surface area contributed by atoms with Crippen molar-refractivity contribution in [1.82, 2.24) is 9.03 Å². The zero-order valence-electron chi connectivity index (χ0n) is 17.9. The third-order valence-corrected chi connectivity index (χ3v) is 5.99. The number of anilines is 1. The highest BCUT2D eigenvalue weighted by Gasteiger charge is 2.33. The van der Waals surface area contributed by atoms with E-state index in [1.165, 1.54) is 36.4 Å². The number of likely N-dealkylation sites (N-methyl/N-ethyl adjacent to an activating group) is 1. The van der Waals surface area contributed by atoms with Gasteiger partial charge in [-0.3, -0.25) is 15.0 Å². The van der Waals surface area contributed by atoms with E-state index >= 15 is 0 Å². The van der Waals surface area contributed by atoms with Crippen LogP contribution in [0.4, 0.5) is 5.69 Å². The van der Waals surface area contributed by atoms with Crippen LogP contribution in [0.15, 0.2) is 48.5 Å². The Bertz CT molecular complexity index is 1170. The lowest BCUT2D eigenvalue weighted by Crippen LogP contribution is -2.48. The molecule has 0 radical (unpaired) electrons. The van der Waals surface area contributed by atoms with Crippen molar-refractivity contribution in [2.45, 2.75) is 19.0 Å². The molecule has 2 rings (SSSR count). The smallest absolute Gasteiger partial charge is 0.343 e. The predicted octanol–water partition coefficient (Wildman–Crippen LogP) is 0.405. The zero-order valence-corrected chi connectivity index (χ0v) is 18.7. The molecule has 7 N–H and O–H groups in total. The summed E-state index contributed by atoms with van der Waals surface area (Å²) in [6.45, 7) is -0.217. The van der Waals surface area contributed by atoms with Gasteiger partial charge in [-0.15, -0.1) is 0 Å². The van der Waals surface area contributed by atoms with E-state index in [1.54, 1.807) is 12.1 Å². The quantitative estimate of drug-likeness (QED) is 0.110. The van der Waals surface area contributed by atoms with Gasteiger partial charge < -0.3 is 26.0 Å². The largest absolute Gasteiger partial charge is 0.481 e. The number of hydrogen-bond donors (Lipinski definition) is 6. The number of ether oxygens (including phenoxy) is 1. The minimum Gasteiger partial charge on any atom is -0.481 e. The van der Waals surface area contributed by atoms with Gasteiger partial charge in [-0.1, -0.05) is 12.1 Å². The number of esters is 1. The van der Waals surface area contributed by atoms with Crippen molar-refractivity contribution >= 4 is 39.8 Å². The molecule has 182 valence electrons. The summed E-state index contributed by atoms with van der Waals surface area (Å²) in [6, 6.07) is 10.2. The van der Waals surface area contributed by atoms with Crippen molar-refractivity contribution in [3.63, 3.8) is 0 Å². The van der Waals surface area contributed by atoms with Crippen LogP contribution < -0.4 is 20.5 Å². The fraction of sp³-hybridized carbons (Fsp3) is 0.200. The van der Waals surface area contributed by atoms with E-state index in [2.05, 4.69) is 10.0 Å². The first-order chi connectivity index (χ1) is 15.9. The minimum absolute atomic E-state index is 0.201. The molecule has 0 aromatic heterocycles. The number of benzene rings is 2. The van der Waals surface area contributed by atoms with E-state index in [1.807, 2.05) is 0 Å². The van der Waals surface area contributed by atoms with Gasteiger partial charge in [-0.2, -0.15) is 17.4 Å². The Morgan fingerprint density at radius 3 is 2.18 bits per heavy atom. The van der Waals surface area contributed by atoms with E-state index in [0.717, 1.165) is 7.05 Å². The second kappa shape index (κ2) is 11.2. The maximum atomic E-state index is 12.3. The lowest BCUT2D eigenvalue weighted by Gasteiger charge is -2.23. The number of hydrogen-bond acceptors (Lipinski definition) is 7. The van der Waals surface area contributed by atoms with E-state index in [4.69, 9.17) is 26.1 Å². The van der Waals surface area contributed by atoms with Crippen LogP contribution >= 0.6 is 0 Å². The van der Waals surface area contributed by atoms with Crippen molar-refractivity contribution < 1.29 is 37.8 Å². The molecule has 0 saturated heterocycles. The lowest BCUT2D eigenvalue weighted by atomic mass is 10.2. The Labute approximate surface area is 194 Å². The molecule has 34 heavy (non-hydrogen) atoms.